The maximum absolute atomic E-state index is 15.1. The summed E-state index contributed by atoms with van der Waals surface area (Å²) in [6.45, 7) is 2.36. The van der Waals surface area contributed by atoms with Gasteiger partial charge in [-0.3, -0.25) is 4.79 Å². The van der Waals surface area contributed by atoms with E-state index in [0.29, 0.717) is 45.9 Å². The van der Waals surface area contributed by atoms with Gasteiger partial charge in [-0.2, -0.15) is 0 Å². The number of methoxy groups -OCH3 is 1. The van der Waals surface area contributed by atoms with Crippen LogP contribution in [0.1, 0.15) is 23.6 Å². The zero-order chi connectivity index (χ0) is 24.1. The molecule has 0 fully saturated rings. The fraction of sp³-hybridized carbons (Fsp3) is 0.222. The molecule has 4 rings (SSSR count). The van der Waals surface area contributed by atoms with Gasteiger partial charge >= 0.3 is 5.97 Å². The van der Waals surface area contributed by atoms with Crippen molar-refractivity contribution in [2.75, 3.05) is 13.7 Å². The number of halogens is 1. The van der Waals surface area contributed by atoms with Crippen molar-refractivity contribution in [1.29, 1.82) is 0 Å². The third-order valence-corrected chi connectivity index (χ3v) is 5.51. The molecule has 6 nitrogen and oxygen atoms in total. The van der Waals surface area contributed by atoms with E-state index in [4.69, 9.17) is 24.4 Å². The molecule has 0 aliphatic carbocycles. The Balaban J connectivity index is 1.67. The van der Waals surface area contributed by atoms with Crippen LogP contribution >= 0.6 is 0 Å². The number of hydrogen-bond donors (Lipinski definition) is 1. The first kappa shape index (κ1) is 23.3. The quantitative estimate of drug-likeness (QED) is 0.335. The molecular weight excluding hydrogens is 437 g/mol. The summed E-state index contributed by atoms with van der Waals surface area (Å²) >= 11 is 0. The molecule has 0 bridgehead atoms. The molecule has 0 aliphatic rings. The Morgan fingerprint density at radius 1 is 1.06 bits per heavy atom. The zero-order valence-corrected chi connectivity index (χ0v) is 19.1. The number of furan rings is 1. The minimum atomic E-state index is -0.370. The van der Waals surface area contributed by atoms with Crippen molar-refractivity contribution in [3.8, 4) is 22.6 Å². The lowest BCUT2D eigenvalue weighted by Crippen LogP contribution is -2.09. The van der Waals surface area contributed by atoms with Gasteiger partial charge in [0.25, 0.3) is 0 Å². The van der Waals surface area contributed by atoms with E-state index < -0.39 is 0 Å². The van der Waals surface area contributed by atoms with Crippen molar-refractivity contribution in [3.05, 3.63) is 83.4 Å². The Morgan fingerprint density at radius 2 is 1.91 bits per heavy atom. The number of rotatable bonds is 9. The van der Waals surface area contributed by atoms with Crippen LogP contribution in [0.3, 0.4) is 0 Å². The summed E-state index contributed by atoms with van der Waals surface area (Å²) in [5.41, 5.74) is 9.24. The lowest BCUT2D eigenvalue weighted by Gasteiger charge is -2.14. The van der Waals surface area contributed by atoms with Gasteiger partial charge in [0.1, 0.15) is 29.5 Å². The summed E-state index contributed by atoms with van der Waals surface area (Å²) < 4.78 is 37.2. The van der Waals surface area contributed by atoms with Gasteiger partial charge in [-0.25, -0.2) is 4.39 Å². The molecular formula is C27H26FNO5. The highest BCUT2D eigenvalue weighted by Gasteiger charge is 2.16. The van der Waals surface area contributed by atoms with Gasteiger partial charge < -0.3 is 24.4 Å². The first-order chi connectivity index (χ1) is 16.5. The van der Waals surface area contributed by atoms with Gasteiger partial charge in [-0.1, -0.05) is 24.3 Å². The van der Waals surface area contributed by atoms with Crippen LogP contribution in [0.4, 0.5) is 4.39 Å². The Kier molecular flexibility index (Phi) is 7.13. The number of esters is 1. The smallest absolute Gasteiger partial charge is 0.310 e. The number of benzene rings is 3. The van der Waals surface area contributed by atoms with Gasteiger partial charge in [0, 0.05) is 40.3 Å². The lowest BCUT2D eigenvalue weighted by molar-refractivity contribution is -0.142. The number of hydrogen-bond acceptors (Lipinski definition) is 6. The summed E-state index contributed by atoms with van der Waals surface area (Å²) in [5.74, 6) is 0.409. The van der Waals surface area contributed by atoms with E-state index in [1.54, 1.807) is 56.7 Å². The summed E-state index contributed by atoms with van der Waals surface area (Å²) in [7, 11) is 1.56. The average molecular weight is 464 g/mol. The molecule has 34 heavy (non-hydrogen) atoms. The van der Waals surface area contributed by atoms with Crippen molar-refractivity contribution >= 4 is 16.9 Å². The molecule has 0 spiro atoms. The summed E-state index contributed by atoms with van der Waals surface area (Å²) in [6, 6.07) is 16.0. The van der Waals surface area contributed by atoms with Gasteiger partial charge in [0.2, 0.25) is 0 Å². The molecule has 4 aromatic rings. The van der Waals surface area contributed by atoms with Crippen molar-refractivity contribution in [3.63, 3.8) is 0 Å². The summed E-state index contributed by atoms with van der Waals surface area (Å²) in [4.78, 5) is 12.0. The molecule has 3 aromatic carbocycles. The second kappa shape index (κ2) is 10.4. The van der Waals surface area contributed by atoms with E-state index >= 15 is 4.39 Å². The van der Waals surface area contributed by atoms with Gasteiger partial charge in [-0.05, 0) is 36.8 Å². The molecule has 0 unspecified atom stereocenters. The Bertz CT molecular complexity index is 1310. The van der Waals surface area contributed by atoms with E-state index in [-0.39, 0.29) is 31.4 Å². The lowest BCUT2D eigenvalue weighted by atomic mass is 9.98. The van der Waals surface area contributed by atoms with Crippen LogP contribution in [0.2, 0.25) is 0 Å². The third kappa shape index (κ3) is 4.89. The maximum Gasteiger partial charge on any atom is 0.310 e. The predicted molar refractivity (Wildman–Crippen MR) is 127 cm³/mol. The molecule has 0 atom stereocenters. The fourth-order valence-electron chi connectivity index (χ4n) is 3.84. The van der Waals surface area contributed by atoms with E-state index in [9.17, 15) is 4.79 Å². The molecule has 2 N–H and O–H groups in total. The topological polar surface area (TPSA) is 83.9 Å². The van der Waals surface area contributed by atoms with Crippen LogP contribution in [0.15, 0.2) is 65.3 Å². The average Bonchev–Trinajstić information content (AvgIpc) is 3.32. The number of fused-ring (bicyclic) bond motifs is 1. The van der Waals surface area contributed by atoms with Crippen molar-refractivity contribution < 1.29 is 27.8 Å². The number of carbonyl (C=O) groups excluding carboxylic acids is 1. The Labute approximate surface area is 197 Å². The van der Waals surface area contributed by atoms with E-state index in [1.165, 1.54) is 0 Å². The predicted octanol–water partition coefficient (Wildman–Crippen LogP) is 5.39. The summed E-state index contributed by atoms with van der Waals surface area (Å²) in [5, 5.41) is 0.825. The van der Waals surface area contributed by atoms with Crippen LogP contribution in [-0.2, 0) is 29.1 Å². The van der Waals surface area contributed by atoms with Crippen LogP contribution in [0.5, 0.6) is 11.5 Å². The first-order valence-corrected chi connectivity index (χ1v) is 11.0. The van der Waals surface area contributed by atoms with Crippen LogP contribution in [0.25, 0.3) is 22.1 Å². The summed E-state index contributed by atoms with van der Waals surface area (Å²) in [6.07, 6.45) is 1.65. The molecule has 0 aliphatic heterocycles. The Morgan fingerprint density at radius 3 is 2.68 bits per heavy atom. The minimum Gasteiger partial charge on any atom is -0.497 e. The van der Waals surface area contributed by atoms with Crippen molar-refractivity contribution in [1.82, 2.24) is 0 Å². The van der Waals surface area contributed by atoms with Crippen LogP contribution < -0.4 is 15.2 Å². The molecule has 0 radical (unpaired) electrons. The highest BCUT2D eigenvalue weighted by molar-refractivity contribution is 5.93. The number of carbonyl (C=O) groups is 1. The number of ether oxygens (including phenoxy) is 3. The zero-order valence-electron chi connectivity index (χ0n) is 19.1. The SMILES string of the molecule is CCOC(=O)Cc1ccc(OC)cc1OCc1cc(-c2cccc(CN)c2F)c2occc2c1. The van der Waals surface area contributed by atoms with Crippen LogP contribution in [0, 0.1) is 5.82 Å². The van der Waals surface area contributed by atoms with E-state index in [1.807, 2.05) is 18.2 Å². The normalized spacial score (nSPS) is 10.9. The molecule has 0 saturated heterocycles. The van der Waals surface area contributed by atoms with Gasteiger partial charge in [0.05, 0.1) is 26.4 Å². The van der Waals surface area contributed by atoms with Crippen molar-refractivity contribution in [2.24, 2.45) is 5.73 Å². The number of nitrogens with two attached hydrogens (primary N) is 1. The maximum atomic E-state index is 15.1. The third-order valence-electron chi connectivity index (χ3n) is 5.51. The monoisotopic (exact) mass is 463 g/mol. The first-order valence-electron chi connectivity index (χ1n) is 11.0. The van der Waals surface area contributed by atoms with Crippen molar-refractivity contribution in [2.45, 2.75) is 26.5 Å². The molecule has 0 saturated carbocycles. The second-order valence-electron chi connectivity index (χ2n) is 7.71. The highest BCUT2D eigenvalue weighted by atomic mass is 19.1. The molecule has 7 heteroatoms. The van der Waals surface area contributed by atoms with E-state index in [2.05, 4.69) is 0 Å². The van der Waals surface area contributed by atoms with E-state index in [0.717, 1.165) is 10.9 Å². The molecule has 1 aromatic heterocycles. The Hall–Kier alpha value is -3.84. The molecule has 176 valence electrons. The standard InChI is InChI=1S/C27H26FNO5/c1-3-32-25(30)13-18-7-8-21(31-2)14-24(18)34-16-17-11-19-9-10-33-27(19)23(12-17)22-6-4-5-20(15-29)26(22)28/h4-12,14H,3,13,15-16,29H2,1-2H3. The molecule has 1 heterocycles. The second-order valence-corrected chi connectivity index (χ2v) is 7.71. The fourth-order valence-corrected chi connectivity index (χ4v) is 3.84. The molecule has 0 amide bonds. The highest BCUT2D eigenvalue weighted by Crippen LogP contribution is 2.34. The van der Waals surface area contributed by atoms with Gasteiger partial charge in [-0.15, -0.1) is 0 Å². The van der Waals surface area contributed by atoms with Crippen LogP contribution in [-0.4, -0.2) is 19.7 Å². The minimum absolute atomic E-state index is 0.0796. The van der Waals surface area contributed by atoms with Gasteiger partial charge in [0.15, 0.2) is 0 Å². The largest absolute Gasteiger partial charge is 0.497 e.